The lowest BCUT2D eigenvalue weighted by molar-refractivity contribution is -0.121. The molecule has 0 fully saturated rings. The first-order valence-corrected chi connectivity index (χ1v) is 21.8. The minimum Gasteiger partial charge on any atom is -0.376 e. The lowest BCUT2D eigenvalue weighted by Crippen LogP contribution is -2.32. The van der Waals surface area contributed by atoms with Gasteiger partial charge in [-0.15, -0.1) is 11.3 Å². The normalized spacial score (nSPS) is 10.9. The molecule has 5 rings (SSSR count). The van der Waals surface area contributed by atoms with E-state index in [1.807, 2.05) is 0 Å². The van der Waals surface area contributed by atoms with E-state index in [1.54, 1.807) is 74.2 Å². The molecule has 0 radical (unpaired) electrons. The van der Waals surface area contributed by atoms with E-state index >= 15 is 0 Å². The Morgan fingerprint density at radius 3 is 1.39 bits per heavy atom. The summed E-state index contributed by atoms with van der Waals surface area (Å²) in [6.45, 7) is 2.30. The van der Waals surface area contributed by atoms with Crippen molar-refractivity contribution < 1.29 is 33.6 Å². The Bertz CT molecular complexity index is 2510. The van der Waals surface area contributed by atoms with Gasteiger partial charge in [0.1, 0.15) is 27.8 Å². The number of nitrogens with two attached hydrogens (primary N) is 2. The van der Waals surface area contributed by atoms with Crippen molar-refractivity contribution >= 4 is 96.4 Å². The van der Waals surface area contributed by atoms with Crippen molar-refractivity contribution in [2.24, 2.45) is 39.7 Å². The second kappa shape index (κ2) is 22.6. The van der Waals surface area contributed by atoms with Gasteiger partial charge in [-0.1, -0.05) is 0 Å². The van der Waals surface area contributed by atoms with Gasteiger partial charge >= 0.3 is 0 Å². The number of nitrogens with zero attached hydrogens (tertiary/aromatic N) is 4. The van der Waals surface area contributed by atoms with Crippen LogP contribution in [-0.2, 0) is 37.8 Å². The standard InChI is InChI=1S/C41H53BrN14O7S/c1-53-21-25(16-29(53)36(59)46-13-7-34(57)45-11-5-9-43)50-38(61)31-15-24(20-55(31)3)49-35(58)8-14-47-37(60)30-17-26(22-54(30)2)51-39(62)32-18-27(23-56(32)4)52-40(63)33-19-28(42)41(64-33)48-12-6-10-44/h15-23,48H,5-14,43-44H2,1-4H3,(H,45,57)(H,46,59)(H,47,60)(H,49,58)(H,50,61)(H,51,62)(H,52,63). The highest BCUT2D eigenvalue weighted by molar-refractivity contribution is 9.10. The van der Waals surface area contributed by atoms with Crippen molar-refractivity contribution in [3.05, 3.63) is 87.2 Å². The van der Waals surface area contributed by atoms with Gasteiger partial charge in [-0.05, 0) is 72.2 Å². The van der Waals surface area contributed by atoms with Crippen LogP contribution in [0.1, 0.15) is 77.3 Å². The molecule has 342 valence electrons. The quantitative estimate of drug-likeness (QED) is 0.0453. The molecule has 0 aliphatic carbocycles. The summed E-state index contributed by atoms with van der Waals surface area (Å²) in [5.41, 5.74) is 13.5. The van der Waals surface area contributed by atoms with Crippen molar-refractivity contribution in [1.29, 1.82) is 0 Å². The lowest BCUT2D eigenvalue weighted by Gasteiger charge is -2.06. The number of halogens is 1. The number of rotatable bonds is 22. The predicted molar refractivity (Wildman–Crippen MR) is 249 cm³/mol. The summed E-state index contributed by atoms with van der Waals surface area (Å²) in [7, 11) is 6.61. The smallest absolute Gasteiger partial charge is 0.272 e. The molecule has 23 heteroatoms. The van der Waals surface area contributed by atoms with E-state index < -0.39 is 29.5 Å². The molecule has 0 saturated heterocycles. The van der Waals surface area contributed by atoms with Crippen molar-refractivity contribution in [1.82, 2.24) is 34.2 Å². The van der Waals surface area contributed by atoms with Crippen molar-refractivity contribution in [3.8, 4) is 0 Å². The van der Waals surface area contributed by atoms with Gasteiger partial charge in [0.2, 0.25) is 11.8 Å². The average molecular weight is 966 g/mol. The molecule has 7 amide bonds. The molecular weight excluding hydrogens is 913 g/mol. The molecule has 21 nitrogen and oxygen atoms in total. The van der Waals surface area contributed by atoms with Crippen molar-refractivity contribution in [3.63, 3.8) is 0 Å². The summed E-state index contributed by atoms with van der Waals surface area (Å²) in [6, 6.07) is 7.78. The summed E-state index contributed by atoms with van der Waals surface area (Å²) < 4.78 is 6.96. The third kappa shape index (κ3) is 13.2. The number of anilines is 5. The zero-order chi connectivity index (χ0) is 46.5. The van der Waals surface area contributed by atoms with Crippen LogP contribution in [0.2, 0.25) is 0 Å². The number of thiophene rings is 1. The van der Waals surface area contributed by atoms with Gasteiger partial charge in [-0.25, -0.2) is 0 Å². The zero-order valence-electron chi connectivity index (χ0n) is 35.9. The Hall–Kier alpha value is -6.69. The van der Waals surface area contributed by atoms with Gasteiger partial charge in [-0.3, -0.25) is 33.6 Å². The first-order valence-electron chi connectivity index (χ1n) is 20.2. The molecule has 12 N–H and O–H groups in total. The number of carbonyl (C=O) groups is 7. The highest BCUT2D eigenvalue weighted by Gasteiger charge is 2.21. The van der Waals surface area contributed by atoms with Crippen LogP contribution in [0.4, 0.5) is 27.8 Å². The Kier molecular flexibility index (Phi) is 17.1. The van der Waals surface area contributed by atoms with E-state index in [1.165, 1.54) is 38.7 Å². The molecule has 0 aromatic carbocycles. The van der Waals surface area contributed by atoms with Crippen LogP contribution in [0, 0.1) is 0 Å². The number of aryl methyl sites for hydroxylation is 4. The molecule has 0 bridgehead atoms. The van der Waals surface area contributed by atoms with Crippen molar-refractivity contribution in [2.75, 3.05) is 65.9 Å². The number of aromatic nitrogens is 4. The van der Waals surface area contributed by atoms with Gasteiger partial charge in [0.25, 0.3) is 29.5 Å². The number of hydrogen-bond donors (Lipinski definition) is 10. The van der Waals surface area contributed by atoms with Gasteiger partial charge < -0.3 is 72.3 Å². The fourth-order valence-electron chi connectivity index (χ4n) is 6.32. The summed E-state index contributed by atoms with van der Waals surface area (Å²) in [6.07, 6.45) is 7.83. The third-order valence-electron chi connectivity index (χ3n) is 9.56. The van der Waals surface area contributed by atoms with E-state index in [2.05, 4.69) is 58.5 Å². The molecule has 64 heavy (non-hydrogen) atoms. The molecule has 0 spiro atoms. The Balaban J connectivity index is 1.06. The Morgan fingerprint density at radius 2 is 0.922 bits per heavy atom. The maximum Gasteiger partial charge on any atom is 0.272 e. The van der Waals surface area contributed by atoms with Crippen LogP contribution in [0.5, 0.6) is 0 Å². The van der Waals surface area contributed by atoms with Gasteiger partial charge in [-0.2, -0.15) is 0 Å². The second-order valence-electron chi connectivity index (χ2n) is 14.7. The minimum atomic E-state index is -0.484. The summed E-state index contributed by atoms with van der Waals surface area (Å²) in [5, 5.41) is 23.3. The van der Waals surface area contributed by atoms with E-state index in [0.29, 0.717) is 60.2 Å². The molecule has 5 aromatic heterocycles. The molecule has 0 unspecified atom stereocenters. The molecule has 0 aliphatic rings. The molecular formula is C41H53BrN14O7S. The highest BCUT2D eigenvalue weighted by atomic mass is 79.9. The number of carbonyl (C=O) groups excluding carboxylic acids is 7. The SMILES string of the molecule is Cn1cc(NC(=O)c2cc(NC(=O)CCNC(=O)c3cc(NC(=O)c4cc(NC(=O)c5cc(Br)c(NCCCN)s5)cn4C)cn3C)cn2C)cc1C(=O)NCCC(=O)NCCCN. The molecule has 5 heterocycles. The van der Waals surface area contributed by atoms with Crippen LogP contribution in [0.25, 0.3) is 0 Å². The monoisotopic (exact) mass is 964 g/mol. The first kappa shape index (κ1) is 48.3. The van der Waals surface area contributed by atoms with E-state index in [9.17, 15) is 33.6 Å². The number of hydrogen-bond acceptors (Lipinski definition) is 11. The topological polar surface area (TPSA) is 287 Å². The number of amides is 7. The van der Waals surface area contributed by atoms with Gasteiger partial charge in [0.15, 0.2) is 0 Å². The lowest BCUT2D eigenvalue weighted by atomic mass is 10.3. The largest absolute Gasteiger partial charge is 0.376 e. The number of nitrogens with one attached hydrogen (secondary N) is 8. The summed E-state index contributed by atoms with van der Waals surface area (Å²) in [4.78, 5) is 90.3. The fourth-order valence-corrected chi connectivity index (χ4v) is 7.96. The predicted octanol–water partition coefficient (Wildman–Crippen LogP) is 2.73. The van der Waals surface area contributed by atoms with Crippen LogP contribution in [0.15, 0.2) is 59.6 Å². The van der Waals surface area contributed by atoms with Gasteiger partial charge in [0, 0.05) is 92.0 Å². The van der Waals surface area contributed by atoms with Crippen LogP contribution < -0.4 is 54.0 Å². The minimum absolute atomic E-state index is 0.00396. The van der Waals surface area contributed by atoms with Gasteiger partial charge in [0.05, 0.1) is 32.1 Å². The highest BCUT2D eigenvalue weighted by Crippen LogP contribution is 2.33. The molecule has 5 aromatic rings. The second-order valence-corrected chi connectivity index (χ2v) is 16.6. The third-order valence-corrected chi connectivity index (χ3v) is 11.5. The van der Waals surface area contributed by atoms with E-state index in [0.717, 1.165) is 15.9 Å². The Labute approximate surface area is 381 Å². The Morgan fingerprint density at radius 1 is 0.516 bits per heavy atom. The fraction of sp³-hybridized carbons (Fsp3) is 0.341. The molecule has 0 atom stereocenters. The summed E-state index contributed by atoms with van der Waals surface area (Å²) in [5.74, 6) is -2.77. The van der Waals surface area contributed by atoms with Crippen LogP contribution in [-0.4, -0.2) is 98.9 Å². The molecule has 0 saturated carbocycles. The summed E-state index contributed by atoms with van der Waals surface area (Å²) >= 11 is 4.77. The zero-order valence-corrected chi connectivity index (χ0v) is 38.3. The maximum absolute atomic E-state index is 13.2. The average Bonchev–Trinajstić information content (AvgIpc) is 4.06. The van der Waals surface area contributed by atoms with E-state index in [4.69, 9.17) is 11.5 Å². The van der Waals surface area contributed by atoms with Crippen LogP contribution >= 0.6 is 27.3 Å². The van der Waals surface area contributed by atoms with E-state index in [-0.39, 0.29) is 60.5 Å². The first-order chi connectivity index (χ1) is 30.6. The maximum atomic E-state index is 13.2. The van der Waals surface area contributed by atoms with Crippen LogP contribution in [0.3, 0.4) is 0 Å². The van der Waals surface area contributed by atoms with Crippen molar-refractivity contribution in [2.45, 2.75) is 25.7 Å². The molecule has 0 aliphatic heterocycles.